The summed E-state index contributed by atoms with van der Waals surface area (Å²) >= 11 is 0. The van der Waals surface area contributed by atoms with Gasteiger partial charge >= 0.3 is 0 Å². The Kier molecular flexibility index (Phi) is 1.12. The van der Waals surface area contributed by atoms with Crippen LogP contribution >= 0.6 is 0 Å². The summed E-state index contributed by atoms with van der Waals surface area (Å²) in [5.41, 5.74) is 0.795. The van der Waals surface area contributed by atoms with E-state index in [0.29, 0.717) is 0 Å². The standard InChI is InChI=1S/C9H16/c1-9-5-2-3-8(7-9)4-6-9/h8H,2-7H2,1H3/t8?,9-/m1/s1. The van der Waals surface area contributed by atoms with Crippen LogP contribution < -0.4 is 0 Å². The SMILES string of the molecule is C[C@@]12CCCC(CC1)C2. The van der Waals surface area contributed by atoms with Gasteiger partial charge in [-0.25, -0.2) is 0 Å². The van der Waals surface area contributed by atoms with E-state index in [9.17, 15) is 0 Å². The molecule has 52 valence electrons. The molecule has 2 aliphatic carbocycles. The van der Waals surface area contributed by atoms with Gasteiger partial charge in [-0.2, -0.15) is 0 Å². The topological polar surface area (TPSA) is 0 Å². The Bertz CT molecular complexity index is 113. The Morgan fingerprint density at radius 3 is 2.78 bits per heavy atom. The normalized spacial score (nSPS) is 49.7. The number of hydrogen-bond acceptors (Lipinski definition) is 0. The predicted molar refractivity (Wildman–Crippen MR) is 39.3 cm³/mol. The lowest BCUT2D eigenvalue weighted by Crippen LogP contribution is -2.15. The molecule has 0 aromatic carbocycles. The Morgan fingerprint density at radius 2 is 2.11 bits per heavy atom. The van der Waals surface area contributed by atoms with Gasteiger partial charge in [0, 0.05) is 0 Å². The summed E-state index contributed by atoms with van der Waals surface area (Å²) in [5.74, 6) is 1.13. The average Bonchev–Trinajstić information content (AvgIpc) is 2.07. The van der Waals surface area contributed by atoms with Crippen LogP contribution in [0.25, 0.3) is 0 Å². The first-order valence-electron chi connectivity index (χ1n) is 4.29. The Morgan fingerprint density at radius 1 is 1.22 bits per heavy atom. The molecular weight excluding hydrogens is 108 g/mol. The second-order valence-electron chi connectivity index (χ2n) is 4.31. The number of fused-ring (bicyclic) bond motifs is 2. The molecule has 1 unspecified atom stereocenters. The van der Waals surface area contributed by atoms with Crippen molar-refractivity contribution in [2.75, 3.05) is 0 Å². The second kappa shape index (κ2) is 1.74. The van der Waals surface area contributed by atoms with E-state index in [1.807, 2.05) is 0 Å². The summed E-state index contributed by atoms with van der Waals surface area (Å²) in [6, 6.07) is 0. The summed E-state index contributed by atoms with van der Waals surface area (Å²) in [4.78, 5) is 0. The summed E-state index contributed by atoms with van der Waals surface area (Å²) < 4.78 is 0. The third-order valence-corrected chi connectivity index (χ3v) is 3.33. The lowest BCUT2D eigenvalue weighted by molar-refractivity contribution is 0.238. The van der Waals surface area contributed by atoms with Crippen LogP contribution in [0.1, 0.15) is 45.4 Å². The van der Waals surface area contributed by atoms with Crippen LogP contribution in [-0.2, 0) is 0 Å². The van der Waals surface area contributed by atoms with E-state index < -0.39 is 0 Å². The third-order valence-electron chi connectivity index (χ3n) is 3.33. The minimum absolute atomic E-state index is 0.795. The van der Waals surface area contributed by atoms with E-state index in [4.69, 9.17) is 0 Å². The first kappa shape index (κ1) is 5.76. The molecule has 0 heteroatoms. The molecule has 0 heterocycles. The van der Waals surface area contributed by atoms with Crippen molar-refractivity contribution < 1.29 is 0 Å². The fourth-order valence-electron chi connectivity index (χ4n) is 2.74. The van der Waals surface area contributed by atoms with Gasteiger partial charge in [-0.05, 0) is 37.0 Å². The van der Waals surface area contributed by atoms with Gasteiger partial charge in [0.15, 0.2) is 0 Å². The molecule has 0 aliphatic heterocycles. The molecule has 2 fully saturated rings. The molecule has 2 aliphatic rings. The molecule has 9 heavy (non-hydrogen) atoms. The monoisotopic (exact) mass is 124 g/mol. The highest BCUT2D eigenvalue weighted by atomic mass is 14.4. The van der Waals surface area contributed by atoms with Crippen molar-refractivity contribution in [3.8, 4) is 0 Å². The highest BCUT2D eigenvalue weighted by Crippen LogP contribution is 2.50. The number of hydrogen-bond donors (Lipinski definition) is 0. The zero-order chi connectivity index (χ0) is 6.32. The maximum absolute atomic E-state index is 2.48. The number of rotatable bonds is 0. The minimum Gasteiger partial charge on any atom is -0.0596 e. The Labute approximate surface area is 57.6 Å². The van der Waals surface area contributed by atoms with E-state index >= 15 is 0 Å². The summed E-state index contributed by atoms with van der Waals surface area (Å²) in [7, 11) is 0. The van der Waals surface area contributed by atoms with Crippen molar-refractivity contribution >= 4 is 0 Å². The summed E-state index contributed by atoms with van der Waals surface area (Å²) in [5, 5.41) is 0. The van der Waals surface area contributed by atoms with Gasteiger partial charge in [0.25, 0.3) is 0 Å². The van der Waals surface area contributed by atoms with Gasteiger partial charge in [-0.1, -0.05) is 19.8 Å². The highest BCUT2D eigenvalue weighted by Gasteiger charge is 2.37. The molecule has 0 spiro atoms. The van der Waals surface area contributed by atoms with E-state index in [2.05, 4.69) is 6.92 Å². The lowest BCUT2D eigenvalue weighted by atomic mass is 9.78. The Hall–Kier alpha value is 0. The lowest BCUT2D eigenvalue weighted by Gasteiger charge is -2.28. The van der Waals surface area contributed by atoms with Gasteiger partial charge in [0.05, 0.1) is 0 Å². The van der Waals surface area contributed by atoms with Gasteiger partial charge < -0.3 is 0 Å². The zero-order valence-corrected chi connectivity index (χ0v) is 6.32. The van der Waals surface area contributed by atoms with Crippen LogP contribution in [0.4, 0.5) is 0 Å². The largest absolute Gasteiger partial charge is 0.0596 e. The van der Waals surface area contributed by atoms with Crippen molar-refractivity contribution in [3.05, 3.63) is 0 Å². The van der Waals surface area contributed by atoms with Crippen molar-refractivity contribution in [1.29, 1.82) is 0 Å². The van der Waals surface area contributed by atoms with Crippen molar-refractivity contribution in [2.45, 2.75) is 45.4 Å². The molecule has 0 nitrogen and oxygen atoms in total. The van der Waals surface area contributed by atoms with E-state index in [1.165, 1.54) is 32.1 Å². The maximum Gasteiger partial charge on any atom is -0.0323 e. The molecule has 2 saturated carbocycles. The van der Waals surface area contributed by atoms with Crippen LogP contribution in [0, 0.1) is 11.3 Å². The van der Waals surface area contributed by atoms with Crippen LogP contribution in [0.15, 0.2) is 0 Å². The van der Waals surface area contributed by atoms with E-state index in [-0.39, 0.29) is 0 Å². The molecule has 0 radical (unpaired) electrons. The smallest absolute Gasteiger partial charge is 0.0323 e. The quantitative estimate of drug-likeness (QED) is 0.465. The van der Waals surface area contributed by atoms with Crippen LogP contribution in [0.2, 0.25) is 0 Å². The van der Waals surface area contributed by atoms with E-state index in [1.54, 1.807) is 6.42 Å². The molecule has 2 atom stereocenters. The second-order valence-corrected chi connectivity index (χ2v) is 4.31. The fraction of sp³-hybridized carbons (Fsp3) is 1.00. The summed E-state index contributed by atoms with van der Waals surface area (Å²) in [6.07, 6.45) is 9.18. The zero-order valence-electron chi connectivity index (χ0n) is 6.32. The highest BCUT2D eigenvalue weighted by molar-refractivity contribution is 4.89. The van der Waals surface area contributed by atoms with Crippen LogP contribution in [0.5, 0.6) is 0 Å². The average molecular weight is 124 g/mol. The van der Waals surface area contributed by atoms with Crippen LogP contribution in [-0.4, -0.2) is 0 Å². The summed E-state index contributed by atoms with van der Waals surface area (Å²) in [6.45, 7) is 2.48. The van der Waals surface area contributed by atoms with Crippen molar-refractivity contribution in [3.63, 3.8) is 0 Å². The molecule has 0 N–H and O–H groups in total. The molecule has 0 amide bonds. The fourth-order valence-corrected chi connectivity index (χ4v) is 2.74. The molecule has 0 saturated heterocycles. The molecule has 2 bridgehead atoms. The molecule has 2 rings (SSSR count). The van der Waals surface area contributed by atoms with Crippen molar-refractivity contribution in [2.24, 2.45) is 11.3 Å². The predicted octanol–water partition coefficient (Wildman–Crippen LogP) is 2.98. The van der Waals surface area contributed by atoms with E-state index in [0.717, 1.165) is 11.3 Å². The van der Waals surface area contributed by atoms with Crippen LogP contribution in [0.3, 0.4) is 0 Å². The first-order valence-corrected chi connectivity index (χ1v) is 4.29. The molecule has 0 aromatic rings. The first-order chi connectivity index (χ1) is 4.29. The Balaban J connectivity index is 2.13. The third kappa shape index (κ3) is 0.889. The molecule has 0 aromatic heterocycles. The maximum atomic E-state index is 2.48. The van der Waals surface area contributed by atoms with Gasteiger partial charge in [0.2, 0.25) is 0 Å². The van der Waals surface area contributed by atoms with Crippen molar-refractivity contribution in [1.82, 2.24) is 0 Å². The van der Waals surface area contributed by atoms with Gasteiger partial charge in [-0.3, -0.25) is 0 Å². The van der Waals surface area contributed by atoms with Gasteiger partial charge in [-0.15, -0.1) is 0 Å². The minimum atomic E-state index is 0.795. The molecular formula is C9H16. The van der Waals surface area contributed by atoms with Gasteiger partial charge in [0.1, 0.15) is 0 Å².